The van der Waals surface area contributed by atoms with E-state index in [1.54, 1.807) is 6.92 Å². The highest BCUT2D eigenvalue weighted by atomic mass is 16.5. The number of ether oxygens (including phenoxy) is 1. The van der Waals surface area contributed by atoms with Gasteiger partial charge in [-0.15, -0.1) is 0 Å². The van der Waals surface area contributed by atoms with Crippen LogP contribution in [0.5, 0.6) is 11.5 Å². The third-order valence-electron chi connectivity index (χ3n) is 3.65. The summed E-state index contributed by atoms with van der Waals surface area (Å²) in [5, 5.41) is 25.5. The fourth-order valence-electron chi connectivity index (χ4n) is 2.28. The van der Waals surface area contributed by atoms with Crippen molar-refractivity contribution >= 4 is 12.1 Å². The van der Waals surface area contributed by atoms with Crippen molar-refractivity contribution in [1.29, 1.82) is 0 Å². The molecule has 0 radical (unpaired) electrons. The first kappa shape index (κ1) is 13.7. The van der Waals surface area contributed by atoms with Crippen LogP contribution in [0, 0.1) is 0 Å². The highest BCUT2D eigenvalue weighted by Gasteiger charge is 2.12. The van der Waals surface area contributed by atoms with E-state index in [9.17, 15) is 15.0 Å². The van der Waals surface area contributed by atoms with E-state index >= 15 is 0 Å². The molecule has 2 aromatic carbocycles. The second-order valence-corrected chi connectivity index (χ2v) is 5.58. The molecule has 25 heavy (non-hydrogen) atoms. The summed E-state index contributed by atoms with van der Waals surface area (Å²) in [6, 6.07) is 3.36. The number of hydrogen-bond donors (Lipinski definition) is 4. The summed E-state index contributed by atoms with van der Waals surface area (Å²) in [6.07, 6.45) is -0.275. The van der Waals surface area contributed by atoms with Crippen molar-refractivity contribution < 1.29 is 25.2 Å². The number of phenolic OH excluding ortho intramolecular Hbond substituents is 1. The van der Waals surface area contributed by atoms with E-state index < -0.39 is 6.10 Å². The van der Waals surface area contributed by atoms with Crippen LogP contribution in [0.3, 0.4) is 0 Å². The molecule has 0 unspecified atom stereocenters. The second kappa shape index (κ2) is 9.05. The van der Waals surface area contributed by atoms with Crippen molar-refractivity contribution in [3.8, 4) is 11.5 Å². The Balaban J connectivity index is 2.08. The predicted octanol–water partition coefficient (Wildman–Crippen LogP) is 2.22. The number of carbonyl (C=O) groups excluding carboxylic acids is 1. The van der Waals surface area contributed by atoms with Crippen LogP contribution in [0.15, 0.2) is 42.4 Å². The molecule has 0 aliphatic carbocycles. The number of carbonyl (C=O) groups is 1. The standard InChI is InChI=1S/C19H24N2O4/c1-13(9-14-3-6-16(25-2)7-4-14)20-11-19(24)15-5-8-18(23)17(10-15)21-12-22/h3-8,10,12-13,19-20,23-24H,9,11H2,1-2H3,(H,21,22)/t13-,19+/m1/s1/i3D,4D,6D,7D. The minimum atomic E-state index is -0.925. The van der Waals surface area contributed by atoms with Gasteiger partial charge >= 0.3 is 0 Å². The molecule has 2 atom stereocenters. The minimum Gasteiger partial charge on any atom is -0.506 e. The van der Waals surface area contributed by atoms with Crippen LogP contribution >= 0.6 is 0 Å². The van der Waals surface area contributed by atoms with E-state index in [2.05, 4.69) is 10.6 Å². The van der Waals surface area contributed by atoms with Crippen molar-refractivity contribution in [2.75, 3.05) is 19.0 Å². The lowest BCUT2D eigenvalue weighted by Gasteiger charge is -2.18. The van der Waals surface area contributed by atoms with Crippen LogP contribution < -0.4 is 15.4 Å². The van der Waals surface area contributed by atoms with Crippen LogP contribution in [0.2, 0.25) is 0 Å². The van der Waals surface area contributed by atoms with Gasteiger partial charge in [-0.25, -0.2) is 0 Å². The van der Waals surface area contributed by atoms with Crippen molar-refractivity contribution in [1.82, 2.24) is 5.32 Å². The molecule has 134 valence electrons. The molecule has 0 aromatic heterocycles. The molecule has 1 amide bonds. The van der Waals surface area contributed by atoms with Gasteiger partial charge in [0, 0.05) is 12.6 Å². The zero-order valence-electron chi connectivity index (χ0n) is 18.1. The van der Waals surface area contributed by atoms with E-state index in [-0.39, 0.29) is 65.9 Å². The van der Waals surface area contributed by atoms with E-state index in [0.29, 0.717) is 12.0 Å². The molecule has 6 heteroatoms. The summed E-state index contributed by atoms with van der Waals surface area (Å²) in [5.74, 6) is -0.205. The molecular weight excluding hydrogens is 320 g/mol. The van der Waals surface area contributed by atoms with E-state index in [1.165, 1.54) is 25.3 Å². The Kier molecular flexibility index (Phi) is 4.96. The minimum absolute atomic E-state index is 0.0909. The average Bonchev–Trinajstić information content (AvgIpc) is 2.70. The molecule has 0 aliphatic heterocycles. The number of nitrogens with one attached hydrogen (secondary N) is 2. The first-order valence-corrected chi connectivity index (χ1v) is 7.78. The van der Waals surface area contributed by atoms with Crippen LogP contribution in [0.25, 0.3) is 0 Å². The number of amides is 1. The molecule has 0 bridgehead atoms. The van der Waals surface area contributed by atoms with E-state index in [4.69, 9.17) is 10.2 Å². The number of phenols is 1. The van der Waals surface area contributed by atoms with Gasteiger partial charge in [0.1, 0.15) is 11.5 Å². The van der Waals surface area contributed by atoms with Gasteiger partial charge in [0.15, 0.2) is 0 Å². The summed E-state index contributed by atoms with van der Waals surface area (Å²) < 4.78 is 37.0. The molecule has 0 fully saturated rings. The Hall–Kier alpha value is -2.57. The lowest BCUT2D eigenvalue weighted by atomic mass is 10.1. The summed E-state index contributed by atoms with van der Waals surface area (Å²) in [6.45, 7) is 1.95. The third-order valence-corrected chi connectivity index (χ3v) is 3.65. The Morgan fingerprint density at radius 3 is 2.68 bits per heavy atom. The van der Waals surface area contributed by atoms with Gasteiger partial charge in [-0.2, -0.15) is 0 Å². The van der Waals surface area contributed by atoms with E-state index in [0.717, 1.165) is 0 Å². The number of benzene rings is 2. The van der Waals surface area contributed by atoms with Gasteiger partial charge in [0.05, 0.1) is 24.4 Å². The first-order chi connectivity index (χ1) is 13.7. The number of methoxy groups -OCH3 is 1. The fourth-order valence-corrected chi connectivity index (χ4v) is 2.28. The molecule has 0 saturated heterocycles. The van der Waals surface area contributed by atoms with Gasteiger partial charge in [0.25, 0.3) is 0 Å². The third kappa shape index (κ3) is 5.48. The van der Waals surface area contributed by atoms with Crippen LogP contribution in [-0.4, -0.2) is 36.3 Å². The number of hydrogen-bond acceptors (Lipinski definition) is 5. The SMILES string of the molecule is [2H]c1c([2H])c(OC)c([2H])c([2H])c1C[C@@H](C)NC[C@H](O)c1ccc(O)c(NC=O)c1. The molecule has 2 aromatic rings. The fraction of sp³-hybridized carbons (Fsp3) is 0.316. The van der Waals surface area contributed by atoms with Crippen molar-refractivity contribution in [3.63, 3.8) is 0 Å². The summed E-state index contributed by atoms with van der Waals surface area (Å²) in [4.78, 5) is 10.6. The Morgan fingerprint density at radius 1 is 1.32 bits per heavy atom. The highest BCUT2D eigenvalue weighted by molar-refractivity contribution is 5.75. The monoisotopic (exact) mass is 348 g/mol. The summed E-state index contributed by atoms with van der Waals surface area (Å²) >= 11 is 0. The summed E-state index contributed by atoms with van der Waals surface area (Å²) in [5.41, 5.74) is 0.935. The number of anilines is 1. The van der Waals surface area contributed by atoms with E-state index in [1.807, 2.05) is 0 Å². The molecule has 0 aliphatic rings. The molecular formula is C19H24N2O4. The van der Waals surface area contributed by atoms with Crippen molar-refractivity contribution in [2.45, 2.75) is 25.5 Å². The van der Waals surface area contributed by atoms with Crippen LogP contribution in [0.4, 0.5) is 5.69 Å². The Bertz CT molecular complexity index is 866. The van der Waals surface area contributed by atoms with Gasteiger partial charge in [-0.3, -0.25) is 4.79 Å². The van der Waals surface area contributed by atoms with Crippen LogP contribution in [0.1, 0.15) is 29.6 Å². The molecule has 0 saturated carbocycles. The number of aliphatic hydroxyl groups excluding tert-OH is 1. The highest BCUT2D eigenvalue weighted by Crippen LogP contribution is 2.26. The lowest BCUT2D eigenvalue weighted by Crippen LogP contribution is -2.32. The number of rotatable bonds is 9. The van der Waals surface area contributed by atoms with Gasteiger partial charge in [0.2, 0.25) is 6.41 Å². The molecule has 6 nitrogen and oxygen atoms in total. The quantitative estimate of drug-likeness (QED) is 0.412. The molecule has 0 heterocycles. The maximum absolute atomic E-state index is 10.6. The van der Waals surface area contributed by atoms with Crippen LogP contribution in [-0.2, 0) is 11.2 Å². The molecule has 4 N–H and O–H groups in total. The van der Waals surface area contributed by atoms with Gasteiger partial charge < -0.3 is 25.6 Å². The van der Waals surface area contributed by atoms with Crippen molar-refractivity contribution in [3.05, 3.63) is 53.5 Å². The zero-order valence-corrected chi connectivity index (χ0v) is 14.1. The lowest BCUT2D eigenvalue weighted by molar-refractivity contribution is -0.105. The van der Waals surface area contributed by atoms with Gasteiger partial charge in [-0.1, -0.05) is 18.2 Å². The topological polar surface area (TPSA) is 90.8 Å². The predicted molar refractivity (Wildman–Crippen MR) is 96.9 cm³/mol. The average molecular weight is 348 g/mol. The first-order valence-electron chi connectivity index (χ1n) is 9.78. The largest absolute Gasteiger partial charge is 0.506 e. The maximum atomic E-state index is 10.6. The number of aromatic hydroxyl groups is 1. The number of aliphatic hydroxyl groups is 1. The second-order valence-electron chi connectivity index (χ2n) is 5.58. The smallest absolute Gasteiger partial charge is 0.211 e. The van der Waals surface area contributed by atoms with Gasteiger partial charge in [-0.05, 0) is 48.7 Å². The molecule has 2 rings (SSSR count). The Labute approximate surface area is 153 Å². The maximum Gasteiger partial charge on any atom is 0.211 e. The Morgan fingerprint density at radius 2 is 2.04 bits per heavy atom. The summed E-state index contributed by atoms with van der Waals surface area (Å²) in [7, 11) is 1.30. The normalized spacial score (nSPS) is 15.3. The zero-order chi connectivity index (χ0) is 21.7. The molecule has 0 spiro atoms. The van der Waals surface area contributed by atoms with Crippen molar-refractivity contribution in [2.24, 2.45) is 0 Å².